The predicted molar refractivity (Wildman–Crippen MR) is 92.9 cm³/mol. The number of rotatable bonds is 6. The van der Waals surface area contributed by atoms with Crippen molar-refractivity contribution in [2.24, 2.45) is 17.8 Å². The largest absolute Gasteiger partial charge is 0.313 e. The molecule has 0 bridgehead atoms. The predicted octanol–water partition coefficient (Wildman–Crippen LogP) is 5.32. The Labute approximate surface area is 135 Å². The van der Waals surface area contributed by atoms with E-state index in [1.807, 2.05) is 12.1 Å². The Morgan fingerprint density at radius 3 is 2.29 bits per heavy atom. The van der Waals surface area contributed by atoms with Gasteiger partial charge in [0.15, 0.2) is 0 Å². The molecule has 3 unspecified atom stereocenters. The fourth-order valence-electron chi connectivity index (χ4n) is 3.95. The third kappa shape index (κ3) is 5.30. The standard InChI is InChI=1S/C19H30ClN/c1-4-9-21-19(13-16-5-7-18(20)8-6-16)17-11-14(2)10-15(3)12-17/h5-8,14-15,17,19,21H,4,9-13H2,1-3H3. The van der Waals surface area contributed by atoms with Gasteiger partial charge in [-0.05, 0) is 74.1 Å². The van der Waals surface area contributed by atoms with Gasteiger partial charge in [-0.1, -0.05) is 44.5 Å². The van der Waals surface area contributed by atoms with Crippen LogP contribution in [0.5, 0.6) is 0 Å². The van der Waals surface area contributed by atoms with Crippen LogP contribution in [0, 0.1) is 17.8 Å². The molecule has 0 spiro atoms. The Hall–Kier alpha value is -0.530. The zero-order valence-electron chi connectivity index (χ0n) is 13.7. The quantitative estimate of drug-likeness (QED) is 0.749. The average Bonchev–Trinajstić information content (AvgIpc) is 2.44. The van der Waals surface area contributed by atoms with Gasteiger partial charge in [0, 0.05) is 11.1 Å². The van der Waals surface area contributed by atoms with E-state index in [0.717, 1.165) is 35.7 Å². The summed E-state index contributed by atoms with van der Waals surface area (Å²) in [6.45, 7) is 8.21. The molecular formula is C19H30ClN. The zero-order chi connectivity index (χ0) is 15.2. The number of hydrogen-bond acceptors (Lipinski definition) is 1. The second-order valence-electron chi connectivity index (χ2n) is 7.07. The second kappa shape index (κ2) is 8.19. The van der Waals surface area contributed by atoms with Crippen LogP contribution in [-0.4, -0.2) is 12.6 Å². The Balaban J connectivity index is 2.04. The summed E-state index contributed by atoms with van der Waals surface area (Å²) < 4.78 is 0. The molecule has 0 radical (unpaired) electrons. The Bertz CT molecular complexity index is 404. The fraction of sp³-hybridized carbons (Fsp3) is 0.684. The molecule has 1 aromatic carbocycles. The lowest BCUT2D eigenvalue weighted by Gasteiger charge is -2.37. The van der Waals surface area contributed by atoms with Gasteiger partial charge in [-0.2, -0.15) is 0 Å². The lowest BCUT2D eigenvalue weighted by Crippen LogP contribution is -2.41. The summed E-state index contributed by atoms with van der Waals surface area (Å²) in [5.41, 5.74) is 1.40. The SMILES string of the molecule is CCCNC(Cc1ccc(Cl)cc1)C1CC(C)CC(C)C1. The normalized spacial score (nSPS) is 27.5. The van der Waals surface area contributed by atoms with Crippen molar-refractivity contribution in [3.63, 3.8) is 0 Å². The number of halogens is 1. The summed E-state index contributed by atoms with van der Waals surface area (Å²) in [7, 11) is 0. The van der Waals surface area contributed by atoms with Crippen molar-refractivity contribution in [3.05, 3.63) is 34.9 Å². The van der Waals surface area contributed by atoms with Gasteiger partial charge in [0.2, 0.25) is 0 Å². The van der Waals surface area contributed by atoms with Crippen LogP contribution < -0.4 is 5.32 Å². The maximum atomic E-state index is 6.00. The molecule has 1 nitrogen and oxygen atoms in total. The van der Waals surface area contributed by atoms with Gasteiger partial charge in [-0.25, -0.2) is 0 Å². The fourth-order valence-corrected chi connectivity index (χ4v) is 4.07. The molecule has 1 aliphatic rings. The molecule has 1 fully saturated rings. The minimum Gasteiger partial charge on any atom is -0.313 e. The molecular weight excluding hydrogens is 278 g/mol. The van der Waals surface area contributed by atoms with Crippen molar-refractivity contribution in [1.82, 2.24) is 5.32 Å². The molecule has 118 valence electrons. The van der Waals surface area contributed by atoms with Gasteiger partial charge in [0.05, 0.1) is 0 Å². The molecule has 0 amide bonds. The average molecular weight is 308 g/mol. The molecule has 0 aromatic heterocycles. The van der Waals surface area contributed by atoms with Gasteiger partial charge in [0.25, 0.3) is 0 Å². The summed E-state index contributed by atoms with van der Waals surface area (Å²) in [4.78, 5) is 0. The maximum Gasteiger partial charge on any atom is 0.0406 e. The van der Waals surface area contributed by atoms with E-state index in [2.05, 4.69) is 38.2 Å². The third-order valence-corrected chi connectivity index (χ3v) is 5.06. The van der Waals surface area contributed by atoms with Gasteiger partial charge < -0.3 is 5.32 Å². The monoisotopic (exact) mass is 307 g/mol. The summed E-state index contributed by atoms with van der Waals surface area (Å²) >= 11 is 6.00. The van der Waals surface area contributed by atoms with Gasteiger partial charge >= 0.3 is 0 Å². The Morgan fingerprint density at radius 2 is 1.71 bits per heavy atom. The molecule has 1 aliphatic carbocycles. The highest BCUT2D eigenvalue weighted by molar-refractivity contribution is 6.30. The summed E-state index contributed by atoms with van der Waals surface area (Å²) in [6.07, 6.45) is 6.48. The molecule has 21 heavy (non-hydrogen) atoms. The van der Waals surface area contributed by atoms with E-state index in [4.69, 9.17) is 11.6 Å². The first kappa shape index (κ1) is 16.8. The van der Waals surface area contributed by atoms with E-state index in [0.29, 0.717) is 6.04 Å². The van der Waals surface area contributed by atoms with Gasteiger partial charge in [0.1, 0.15) is 0 Å². The first-order valence-corrected chi connectivity index (χ1v) is 8.94. The smallest absolute Gasteiger partial charge is 0.0406 e. The topological polar surface area (TPSA) is 12.0 Å². The molecule has 1 saturated carbocycles. The highest BCUT2D eigenvalue weighted by Gasteiger charge is 2.29. The van der Waals surface area contributed by atoms with Crippen molar-refractivity contribution in [1.29, 1.82) is 0 Å². The van der Waals surface area contributed by atoms with Crippen LogP contribution in [-0.2, 0) is 6.42 Å². The highest BCUT2D eigenvalue weighted by atomic mass is 35.5. The van der Waals surface area contributed by atoms with Gasteiger partial charge in [-0.3, -0.25) is 0 Å². The van der Waals surface area contributed by atoms with Crippen LogP contribution in [0.1, 0.15) is 52.0 Å². The van der Waals surface area contributed by atoms with Crippen LogP contribution >= 0.6 is 11.6 Å². The second-order valence-corrected chi connectivity index (χ2v) is 7.51. The van der Waals surface area contributed by atoms with Crippen LogP contribution in [0.25, 0.3) is 0 Å². The summed E-state index contributed by atoms with van der Waals surface area (Å²) in [5, 5.41) is 4.64. The van der Waals surface area contributed by atoms with E-state index >= 15 is 0 Å². The molecule has 1 aromatic rings. The first-order valence-electron chi connectivity index (χ1n) is 8.56. The van der Waals surface area contributed by atoms with E-state index in [9.17, 15) is 0 Å². The minimum atomic E-state index is 0.608. The van der Waals surface area contributed by atoms with E-state index < -0.39 is 0 Å². The summed E-state index contributed by atoms with van der Waals surface area (Å²) in [6, 6.07) is 8.99. The van der Waals surface area contributed by atoms with Crippen molar-refractivity contribution >= 4 is 11.6 Å². The van der Waals surface area contributed by atoms with E-state index in [1.165, 1.54) is 31.2 Å². The highest BCUT2D eigenvalue weighted by Crippen LogP contribution is 2.35. The first-order chi connectivity index (χ1) is 10.1. The number of hydrogen-bond donors (Lipinski definition) is 1. The van der Waals surface area contributed by atoms with Crippen molar-refractivity contribution in [2.45, 2.75) is 58.9 Å². The van der Waals surface area contributed by atoms with Crippen molar-refractivity contribution in [3.8, 4) is 0 Å². The molecule has 2 rings (SSSR count). The van der Waals surface area contributed by atoms with E-state index in [-0.39, 0.29) is 0 Å². The van der Waals surface area contributed by atoms with Crippen LogP contribution in [0.3, 0.4) is 0 Å². The van der Waals surface area contributed by atoms with E-state index in [1.54, 1.807) is 0 Å². The lowest BCUT2D eigenvalue weighted by molar-refractivity contribution is 0.175. The molecule has 0 aliphatic heterocycles. The Kier molecular flexibility index (Phi) is 6.57. The van der Waals surface area contributed by atoms with Crippen LogP contribution in [0.4, 0.5) is 0 Å². The minimum absolute atomic E-state index is 0.608. The molecule has 1 N–H and O–H groups in total. The maximum absolute atomic E-state index is 6.00. The number of nitrogens with one attached hydrogen (secondary N) is 1. The molecule has 0 saturated heterocycles. The number of benzene rings is 1. The summed E-state index contributed by atoms with van der Waals surface area (Å²) in [5.74, 6) is 2.55. The molecule has 0 heterocycles. The van der Waals surface area contributed by atoms with Gasteiger partial charge in [-0.15, -0.1) is 0 Å². The molecule has 3 atom stereocenters. The lowest BCUT2D eigenvalue weighted by atomic mass is 9.72. The van der Waals surface area contributed by atoms with Crippen molar-refractivity contribution < 1.29 is 0 Å². The van der Waals surface area contributed by atoms with Crippen LogP contribution in [0.15, 0.2) is 24.3 Å². The Morgan fingerprint density at radius 1 is 1.10 bits per heavy atom. The van der Waals surface area contributed by atoms with Crippen LogP contribution in [0.2, 0.25) is 5.02 Å². The van der Waals surface area contributed by atoms with Crippen molar-refractivity contribution in [2.75, 3.05) is 6.54 Å². The molecule has 2 heteroatoms. The zero-order valence-corrected chi connectivity index (χ0v) is 14.5. The third-order valence-electron chi connectivity index (χ3n) is 4.81.